The highest BCUT2D eigenvalue weighted by Crippen LogP contribution is 2.15. The van der Waals surface area contributed by atoms with E-state index in [1.54, 1.807) is 54.6 Å². The zero-order valence-electron chi connectivity index (χ0n) is 13.9. The van der Waals surface area contributed by atoms with Gasteiger partial charge in [0.15, 0.2) is 0 Å². The maximum absolute atomic E-state index is 12.4. The van der Waals surface area contributed by atoms with Gasteiger partial charge in [0, 0.05) is 16.4 Å². The molecule has 0 aliphatic rings. The van der Waals surface area contributed by atoms with Crippen molar-refractivity contribution in [1.82, 2.24) is 4.98 Å². The largest absolute Gasteiger partial charge is 0.321 e. The first-order chi connectivity index (χ1) is 13.0. The molecule has 0 atom stereocenters. The van der Waals surface area contributed by atoms with Gasteiger partial charge in [-0.15, -0.1) is 0 Å². The van der Waals surface area contributed by atoms with Crippen LogP contribution in [0.2, 0.25) is 5.02 Å². The van der Waals surface area contributed by atoms with Gasteiger partial charge in [-0.25, -0.2) is 4.98 Å². The molecule has 0 saturated heterocycles. The highest BCUT2D eigenvalue weighted by atomic mass is 35.5. The smallest absolute Gasteiger partial charge is 0.274 e. The molecule has 132 valence electrons. The summed E-state index contributed by atoms with van der Waals surface area (Å²) in [6.45, 7) is 0. The summed E-state index contributed by atoms with van der Waals surface area (Å²) in [7, 11) is 0. The molecule has 3 rings (SSSR count). The van der Waals surface area contributed by atoms with Crippen LogP contribution in [0.15, 0.2) is 66.7 Å². The third kappa shape index (κ3) is 4.69. The number of nitriles is 1. The van der Waals surface area contributed by atoms with E-state index < -0.39 is 11.8 Å². The quantitative estimate of drug-likeness (QED) is 0.716. The number of halogens is 1. The Kier molecular flexibility index (Phi) is 5.45. The zero-order valence-corrected chi connectivity index (χ0v) is 14.7. The number of aromatic nitrogens is 1. The highest BCUT2D eigenvalue weighted by Gasteiger charge is 2.13. The summed E-state index contributed by atoms with van der Waals surface area (Å²) in [6, 6.07) is 19.7. The van der Waals surface area contributed by atoms with Crippen LogP contribution in [0.5, 0.6) is 0 Å². The van der Waals surface area contributed by atoms with Crippen molar-refractivity contribution in [1.29, 1.82) is 5.26 Å². The Morgan fingerprint density at radius 1 is 0.815 bits per heavy atom. The Labute approximate surface area is 160 Å². The lowest BCUT2D eigenvalue weighted by Gasteiger charge is -2.07. The zero-order chi connectivity index (χ0) is 19.2. The molecule has 2 N–H and O–H groups in total. The lowest BCUT2D eigenvalue weighted by Crippen LogP contribution is -2.18. The summed E-state index contributed by atoms with van der Waals surface area (Å²) < 4.78 is 0. The molecule has 0 radical (unpaired) electrons. The Morgan fingerprint density at radius 3 is 1.78 bits per heavy atom. The van der Waals surface area contributed by atoms with Crippen molar-refractivity contribution in [3.63, 3.8) is 0 Å². The van der Waals surface area contributed by atoms with Crippen molar-refractivity contribution < 1.29 is 9.59 Å². The maximum Gasteiger partial charge on any atom is 0.274 e. The number of pyridine rings is 1. The normalized spacial score (nSPS) is 9.93. The summed E-state index contributed by atoms with van der Waals surface area (Å²) in [6.07, 6.45) is 0. The number of nitrogens with one attached hydrogen (secondary N) is 2. The highest BCUT2D eigenvalue weighted by molar-refractivity contribution is 6.30. The first kappa shape index (κ1) is 18.1. The van der Waals surface area contributed by atoms with Crippen molar-refractivity contribution in [3.05, 3.63) is 88.7 Å². The fourth-order valence-electron chi connectivity index (χ4n) is 2.24. The Bertz CT molecular complexity index is 1030. The number of amides is 2. The number of anilines is 2. The van der Waals surface area contributed by atoms with E-state index in [2.05, 4.69) is 15.6 Å². The van der Waals surface area contributed by atoms with E-state index >= 15 is 0 Å². The number of hydrogen-bond donors (Lipinski definition) is 2. The molecule has 6 nitrogen and oxygen atoms in total. The first-order valence-electron chi connectivity index (χ1n) is 7.90. The average molecular weight is 377 g/mol. The maximum atomic E-state index is 12.4. The standard InChI is InChI=1S/C20H13ClN4O2/c21-14-6-10-16(11-7-14)24-20(27)18-3-1-2-17(25-18)19(26)23-15-8-4-13(12-22)5-9-15/h1-11H,(H,23,26)(H,24,27). The third-order valence-electron chi connectivity index (χ3n) is 3.59. The van der Waals surface area contributed by atoms with Crippen molar-refractivity contribution in [2.75, 3.05) is 10.6 Å². The summed E-state index contributed by atoms with van der Waals surface area (Å²) >= 11 is 5.82. The van der Waals surface area contributed by atoms with Gasteiger partial charge in [0.25, 0.3) is 11.8 Å². The number of carbonyl (C=O) groups excluding carboxylic acids is 2. The molecule has 0 aliphatic heterocycles. The molecular weight excluding hydrogens is 364 g/mol. The summed E-state index contributed by atoms with van der Waals surface area (Å²) in [5.74, 6) is -0.897. The van der Waals surface area contributed by atoms with Crippen LogP contribution < -0.4 is 10.6 Å². The molecule has 0 unspecified atom stereocenters. The Hall–Kier alpha value is -3.69. The van der Waals surface area contributed by atoms with E-state index in [1.807, 2.05) is 6.07 Å². The summed E-state index contributed by atoms with van der Waals surface area (Å²) in [4.78, 5) is 28.8. The van der Waals surface area contributed by atoms with E-state index in [9.17, 15) is 9.59 Å². The Balaban J connectivity index is 1.71. The Morgan fingerprint density at radius 2 is 1.30 bits per heavy atom. The van der Waals surface area contributed by atoms with Gasteiger partial charge >= 0.3 is 0 Å². The predicted molar refractivity (Wildman–Crippen MR) is 103 cm³/mol. The van der Waals surface area contributed by atoms with Gasteiger partial charge in [-0.1, -0.05) is 17.7 Å². The first-order valence-corrected chi connectivity index (χ1v) is 8.28. The third-order valence-corrected chi connectivity index (χ3v) is 3.84. The fourth-order valence-corrected chi connectivity index (χ4v) is 2.37. The molecule has 0 fully saturated rings. The number of benzene rings is 2. The van der Waals surface area contributed by atoms with Crippen molar-refractivity contribution in [2.45, 2.75) is 0 Å². The molecule has 7 heteroatoms. The number of carbonyl (C=O) groups is 2. The van der Waals surface area contributed by atoms with E-state index in [0.717, 1.165) is 0 Å². The monoisotopic (exact) mass is 376 g/mol. The van der Waals surface area contributed by atoms with E-state index in [1.165, 1.54) is 12.1 Å². The van der Waals surface area contributed by atoms with Crippen LogP contribution in [0.4, 0.5) is 11.4 Å². The molecule has 2 aromatic carbocycles. The molecule has 0 spiro atoms. The van der Waals surface area contributed by atoms with E-state index in [4.69, 9.17) is 16.9 Å². The van der Waals surface area contributed by atoms with Gasteiger partial charge < -0.3 is 10.6 Å². The van der Waals surface area contributed by atoms with E-state index in [0.29, 0.717) is 22.0 Å². The van der Waals surface area contributed by atoms with Crippen molar-refractivity contribution >= 4 is 34.8 Å². The fraction of sp³-hybridized carbons (Fsp3) is 0. The molecule has 1 aromatic heterocycles. The average Bonchev–Trinajstić information content (AvgIpc) is 2.70. The van der Waals surface area contributed by atoms with Crippen molar-refractivity contribution in [2.24, 2.45) is 0 Å². The molecule has 2 amide bonds. The van der Waals surface area contributed by atoms with Gasteiger partial charge in [0.2, 0.25) is 0 Å². The van der Waals surface area contributed by atoms with Crippen LogP contribution in [-0.4, -0.2) is 16.8 Å². The lowest BCUT2D eigenvalue weighted by molar-refractivity contribution is 0.101. The van der Waals surface area contributed by atoms with Crippen LogP contribution in [0.3, 0.4) is 0 Å². The van der Waals surface area contributed by atoms with Crippen LogP contribution >= 0.6 is 11.6 Å². The van der Waals surface area contributed by atoms with Gasteiger partial charge in [-0.3, -0.25) is 9.59 Å². The van der Waals surface area contributed by atoms with Crippen LogP contribution in [0, 0.1) is 11.3 Å². The van der Waals surface area contributed by atoms with Gasteiger partial charge in [-0.2, -0.15) is 5.26 Å². The molecule has 0 aliphatic carbocycles. The van der Waals surface area contributed by atoms with Gasteiger partial charge in [0.1, 0.15) is 11.4 Å². The molecule has 3 aromatic rings. The molecule has 1 heterocycles. The van der Waals surface area contributed by atoms with Gasteiger partial charge in [-0.05, 0) is 60.7 Å². The second-order valence-electron chi connectivity index (χ2n) is 5.51. The summed E-state index contributed by atoms with van der Waals surface area (Å²) in [5.41, 5.74) is 1.79. The number of rotatable bonds is 4. The minimum absolute atomic E-state index is 0.100. The molecule has 0 saturated carbocycles. The second kappa shape index (κ2) is 8.13. The van der Waals surface area contributed by atoms with Crippen molar-refractivity contribution in [3.8, 4) is 6.07 Å². The second-order valence-corrected chi connectivity index (χ2v) is 5.95. The lowest BCUT2D eigenvalue weighted by atomic mass is 10.2. The van der Waals surface area contributed by atoms with Crippen LogP contribution in [-0.2, 0) is 0 Å². The topological polar surface area (TPSA) is 94.9 Å². The van der Waals surface area contributed by atoms with E-state index in [-0.39, 0.29) is 11.4 Å². The number of hydrogen-bond acceptors (Lipinski definition) is 4. The van der Waals surface area contributed by atoms with Crippen LogP contribution in [0.25, 0.3) is 0 Å². The molecular formula is C20H13ClN4O2. The SMILES string of the molecule is N#Cc1ccc(NC(=O)c2cccc(C(=O)Nc3ccc(Cl)cc3)n2)cc1. The minimum Gasteiger partial charge on any atom is -0.321 e. The molecule has 0 bridgehead atoms. The van der Waals surface area contributed by atoms with Crippen LogP contribution in [0.1, 0.15) is 26.5 Å². The van der Waals surface area contributed by atoms with Gasteiger partial charge in [0.05, 0.1) is 11.6 Å². The predicted octanol–water partition coefficient (Wildman–Crippen LogP) is 4.11. The summed E-state index contributed by atoms with van der Waals surface area (Å²) in [5, 5.41) is 14.7. The number of nitrogens with zero attached hydrogens (tertiary/aromatic N) is 2. The minimum atomic E-state index is -0.458. The molecule has 27 heavy (non-hydrogen) atoms.